The molecule has 0 aliphatic heterocycles. The SMILES string of the molecule is CCCCCCCCCCCCCCCCCCCC(=O)OC(COC(=O)CCCCCCCCCCCCCCCCCC)COP(=O)(O)OC. The van der Waals surface area contributed by atoms with Crippen molar-refractivity contribution in [3.63, 3.8) is 0 Å². The van der Waals surface area contributed by atoms with Gasteiger partial charge in [0.15, 0.2) is 6.10 Å². The average molecular weight is 761 g/mol. The highest BCUT2D eigenvalue weighted by atomic mass is 31.2. The molecule has 0 spiro atoms. The topological polar surface area (TPSA) is 108 Å². The summed E-state index contributed by atoms with van der Waals surface area (Å²) in [5.41, 5.74) is 0. The van der Waals surface area contributed by atoms with Gasteiger partial charge in [0.25, 0.3) is 0 Å². The lowest BCUT2D eigenvalue weighted by Gasteiger charge is -2.19. The summed E-state index contributed by atoms with van der Waals surface area (Å²) >= 11 is 0. The zero-order chi connectivity index (χ0) is 38.2. The average Bonchev–Trinajstić information content (AvgIpc) is 3.13. The van der Waals surface area contributed by atoms with E-state index in [1.165, 1.54) is 173 Å². The third kappa shape index (κ3) is 38.8. The van der Waals surface area contributed by atoms with Gasteiger partial charge in [-0.05, 0) is 12.8 Å². The van der Waals surface area contributed by atoms with Crippen LogP contribution in [0, 0.1) is 0 Å². The van der Waals surface area contributed by atoms with Gasteiger partial charge in [0, 0.05) is 20.0 Å². The fraction of sp³-hybridized carbons (Fsp3) is 0.953. The maximum absolute atomic E-state index is 12.5. The summed E-state index contributed by atoms with van der Waals surface area (Å²) in [4.78, 5) is 34.5. The van der Waals surface area contributed by atoms with Crippen LogP contribution in [-0.4, -0.2) is 43.3 Å². The number of carbonyl (C=O) groups excluding carboxylic acids is 2. The van der Waals surface area contributed by atoms with E-state index in [1.54, 1.807) is 0 Å². The van der Waals surface area contributed by atoms with Crippen molar-refractivity contribution in [1.29, 1.82) is 0 Å². The Bertz CT molecular complexity index is 823. The van der Waals surface area contributed by atoms with Crippen molar-refractivity contribution in [2.75, 3.05) is 20.3 Å². The van der Waals surface area contributed by atoms with E-state index in [9.17, 15) is 19.0 Å². The molecule has 0 rings (SSSR count). The van der Waals surface area contributed by atoms with E-state index in [1.807, 2.05) is 0 Å². The fourth-order valence-corrected chi connectivity index (χ4v) is 7.12. The smallest absolute Gasteiger partial charge is 0.462 e. The molecule has 0 fully saturated rings. The van der Waals surface area contributed by atoms with Crippen LogP contribution in [0.5, 0.6) is 0 Å². The first-order valence-corrected chi connectivity index (χ1v) is 23.7. The number of rotatable bonds is 42. The summed E-state index contributed by atoms with van der Waals surface area (Å²) in [7, 11) is -3.19. The summed E-state index contributed by atoms with van der Waals surface area (Å²) in [6.07, 6.45) is 41.5. The van der Waals surface area contributed by atoms with Gasteiger partial charge in [-0.15, -0.1) is 0 Å². The summed E-state index contributed by atoms with van der Waals surface area (Å²) < 4.78 is 32.0. The van der Waals surface area contributed by atoms with Gasteiger partial charge in [-0.25, -0.2) is 4.57 Å². The van der Waals surface area contributed by atoms with Crippen LogP contribution in [0.1, 0.15) is 239 Å². The molecule has 0 saturated heterocycles. The number of hydrogen-bond donors (Lipinski definition) is 1. The van der Waals surface area contributed by atoms with Crippen LogP contribution in [-0.2, 0) is 32.7 Å². The van der Waals surface area contributed by atoms with Gasteiger partial charge in [0.1, 0.15) is 6.61 Å². The molecule has 0 heterocycles. The molecule has 0 aromatic heterocycles. The third-order valence-electron chi connectivity index (χ3n) is 10.1. The molecule has 1 N–H and O–H groups in total. The molecule has 0 aromatic carbocycles. The minimum atomic E-state index is -4.25. The number of phosphoric acid groups is 1. The van der Waals surface area contributed by atoms with Crippen LogP contribution in [0.2, 0.25) is 0 Å². The van der Waals surface area contributed by atoms with Crippen molar-refractivity contribution >= 4 is 19.8 Å². The van der Waals surface area contributed by atoms with E-state index in [0.717, 1.165) is 45.6 Å². The molecular weight excluding hydrogens is 675 g/mol. The second-order valence-electron chi connectivity index (χ2n) is 15.2. The third-order valence-corrected chi connectivity index (χ3v) is 11.0. The Hall–Kier alpha value is -0.950. The van der Waals surface area contributed by atoms with E-state index in [-0.39, 0.29) is 19.0 Å². The quantitative estimate of drug-likeness (QED) is 0.0372. The molecule has 52 heavy (non-hydrogen) atoms. The van der Waals surface area contributed by atoms with Crippen molar-refractivity contribution in [2.45, 2.75) is 245 Å². The molecule has 2 unspecified atom stereocenters. The second-order valence-corrected chi connectivity index (χ2v) is 16.8. The lowest BCUT2D eigenvalue weighted by atomic mass is 10.0. The van der Waals surface area contributed by atoms with Crippen LogP contribution in [0.15, 0.2) is 0 Å². The van der Waals surface area contributed by atoms with Gasteiger partial charge in [0.05, 0.1) is 6.61 Å². The van der Waals surface area contributed by atoms with Gasteiger partial charge in [0.2, 0.25) is 0 Å². The largest absolute Gasteiger partial charge is 0.472 e. The van der Waals surface area contributed by atoms with Crippen LogP contribution < -0.4 is 0 Å². The van der Waals surface area contributed by atoms with Crippen molar-refractivity contribution in [1.82, 2.24) is 0 Å². The Kier molecular flexibility index (Phi) is 39.0. The van der Waals surface area contributed by atoms with Crippen molar-refractivity contribution in [3.05, 3.63) is 0 Å². The lowest BCUT2D eigenvalue weighted by molar-refractivity contribution is -0.161. The highest BCUT2D eigenvalue weighted by Crippen LogP contribution is 2.42. The van der Waals surface area contributed by atoms with E-state index in [0.29, 0.717) is 6.42 Å². The molecule has 0 aliphatic rings. The molecule has 0 radical (unpaired) electrons. The molecule has 0 bridgehead atoms. The van der Waals surface area contributed by atoms with Crippen molar-refractivity contribution < 1.29 is 37.6 Å². The summed E-state index contributed by atoms with van der Waals surface area (Å²) in [6, 6.07) is 0. The first kappa shape index (κ1) is 51.0. The Balaban J connectivity index is 3.92. The maximum atomic E-state index is 12.5. The minimum absolute atomic E-state index is 0.216. The van der Waals surface area contributed by atoms with E-state index >= 15 is 0 Å². The Morgan fingerprint density at radius 1 is 0.462 bits per heavy atom. The van der Waals surface area contributed by atoms with Gasteiger partial charge < -0.3 is 14.4 Å². The van der Waals surface area contributed by atoms with E-state index < -0.39 is 26.5 Å². The fourth-order valence-electron chi connectivity index (χ4n) is 6.66. The van der Waals surface area contributed by atoms with Crippen molar-refractivity contribution in [2.24, 2.45) is 0 Å². The monoisotopic (exact) mass is 761 g/mol. The minimum Gasteiger partial charge on any atom is -0.462 e. The summed E-state index contributed by atoms with van der Waals surface area (Å²) in [6.45, 7) is 3.93. The van der Waals surface area contributed by atoms with E-state index in [4.69, 9.17) is 14.0 Å². The normalized spacial score (nSPS) is 13.2. The number of carbonyl (C=O) groups is 2. The predicted octanol–water partition coefficient (Wildman–Crippen LogP) is 13.9. The van der Waals surface area contributed by atoms with Gasteiger partial charge in [-0.3, -0.25) is 18.6 Å². The molecule has 9 heteroatoms. The first-order chi connectivity index (χ1) is 25.3. The molecule has 0 aromatic rings. The molecule has 0 amide bonds. The molecule has 310 valence electrons. The maximum Gasteiger partial charge on any atom is 0.472 e. The van der Waals surface area contributed by atoms with E-state index in [2.05, 4.69) is 18.4 Å². The molecule has 8 nitrogen and oxygen atoms in total. The van der Waals surface area contributed by atoms with Crippen LogP contribution >= 0.6 is 7.82 Å². The number of unbranched alkanes of at least 4 members (excludes halogenated alkanes) is 31. The van der Waals surface area contributed by atoms with Gasteiger partial charge >= 0.3 is 19.8 Å². The van der Waals surface area contributed by atoms with Crippen LogP contribution in [0.3, 0.4) is 0 Å². The zero-order valence-corrected chi connectivity index (χ0v) is 35.4. The lowest BCUT2D eigenvalue weighted by Crippen LogP contribution is -2.29. The standard InChI is InChI=1S/C43H85O8P/c1-4-6-8-10-12-14-16-18-20-22-24-26-28-30-32-34-36-38-43(45)51-41(40-50-52(46,47)48-3)39-49-42(44)37-35-33-31-29-27-25-23-21-19-17-15-13-11-9-7-5-2/h41H,4-40H2,1-3H3,(H,46,47). The Labute approximate surface area is 321 Å². The first-order valence-electron chi connectivity index (χ1n) is 22.2. The highest BCUT2D eigenvalue weighted by molar-refractivity contribution is 7.47. The summed E-state index contributed by atoms with van der Waals surface area (Å²) in [5.74, 6) is -0.785. The molecule has 0 saturated carbocycles. The zero-order valence-electron chi connectivity index (χ0n) is 34.5. The molecular formula is C43H85O8P. The van der Waals surface area contributed by atoms with Gasteiger partial charge in [-0.2, -0.15) is 0 Å². The number of phosphoric ester groups is 1. The van der Waals surface area contributed by atoms with Crippen LogP contribution in [0.4, 0.5) is 0 Å². The number of ether oxygens (including phenoxy) is 2. The summed E-state index contributed by atoms with van der Waals surface area (Å²) in [5, 5.41) is 0. The van der Waals surface area contributed by atoms with Crippen LogP contribution in [0.25, 0.3) is 0 Å². The number of hydrogen-bond acceptors (Lipinski definition) is 7. The Morgan fingerprint density at radius 2 is 0.750 bits per heavy atom. The Morgan fingerprint density at radius 3 is 1.06 bits per heavy atom. The van der Waals surface area contributed by atoms with Crippen molar-refractivity contribution in [3.8, 4) is 0 Å². The molecule has 2 atom stereocenters. The van der Waals surface area contributed by atoms with Gasteiger partial charge in [-0.1, -0.05) is 213 Å². The number of esters is 2. The highest BCUT2D eigenvalue weighted by Gasteiger charge is 2.24. The second kappa shape index (κ2) is 39.7. The predicted molar refractivity (Wildman–Crippen MR) is 217 cm³/mol. The molecule has 0 aliphatic carbocycles.